The molecule has 1 aliphatic carbocycles. The molecule has 1 fully saturated rings. The zero-order valence-electron chi connectivity index (χ0n) is 18.2. The van der Waals surface area contributed by atoms with E-state index in [0.717, 1.165) is 24.5 Å². The van der Waals surface area contributed by atoms with Crippen molar-refractivity contribution in [1.29, 1.82) is 0 Å². The zero-order chi connectivity index (χ0) is 22.2. The maximum absolute atomic E-state index is 12.8. The summed E-state index contributed by atoms with van der Waals surface area (Å²) >= 11 is 0. The summed E-state index contributed by atoms with van der Waals surface area (Å²) in [6, 6.07) is 5.04. The normalized spacial score (nSPS) is 15.2. The molecule has 3 rings (SSSR count). The Balaban J connectivity index is 1.77. The van der Waals surface area contributed by atoms with E-state index in [1.54, 1.807) is 12.1 Å². The lowest BCUT2D eigenvalue weighted by Gasteiger charge is -2.25. The molecule has 0 bridgehead atoms. The number of rotatable bonds is 8. The molecular formula is C21H30F2N6O2. The van der Waals surface area contributed by atoms with Gasteiger partial charge < -0.3 is 24.7 Å². The standard InChI is InChI=1S/C21H30F2N6O2/c1-14-27-28-19(29(14)2)13-25-21(26-16-7-5-4-6-8-16)24-12-15-11-17(30-3)9-10-18(15)31-20(22)23/h9-11,16,20H,4-8,12-13H2,1-3H3,(H2,24,25,26). The van der Waals surface area contributed by atoms with Crippen LogP contribution in [0.5, 0.6) is 11.5 Å². The van der Waals surface area contributed by atoms with Crippen molar-refractivity contribution < 1.29 is 18.3 Å². The molecule has 0 spiro atoms. The first kappa shape index (κ1) is 22.8. The van der Waals surface area contributed by atoms with E-state index in [0.29, 0.717) is 29.9 Å². The average molecular weight is 437 g/mol. The van der Waals surface area contributed by atoms with Crippen molar-refractivity contribution in [3.63, 3.8) is 0 Å². The molecule has 10 heteroatoms. The van der Waals surface area contributed by atoms with Gasteiger partial charge in [0, 0.05) is 18.7 Å². The molecule has 31 heavy (non-hydrogen) atoms. The molecule has 0 unspecified atom stereocenters. The Kier molecular flexibility index (Phi) is 8.02. The summed E-state index contributed by atoms with van der Waals surface area (Å²) in [6.45, 7) is -0.430. The molecule has 8 nitrogen and oxygen atoms in total. The Bertz CT molecular complexity index is 881. The van der Waals surface area contributed by atoms with Crippen molar-refractivity contribution in [3.05, 3.63) is 35.4 Å². The second-order valence-electron chi connectivity index (χ2n) is 7.57. The van der Waals surface area contributed by atoms with E-state index in [-0.39, 0.29) is 12.3 Å². The van der Waals surface area contributed by atoms with Crippen LogP contribution in [0, 0.1) is 6.92 Å². The van der Waals surface area contributed by atoms with Crippen molar-refractivity contribution in [2.45, 2.75) is 64.8 Å². The first-order chi connectivity index (χ1) is 15.0. The molecule has 0 aliphatic heterocycles. The highest BCUT2D eigenvalue weighted by atomic mass is 19.3. The molecular weight excluding hydrogens is 406 g/mol. The fourth-order valence-corrected chi connectivity index (χ4v) is 3.54. The summed E-state index contributed by atoms with van der Waals surface area (Å²) in [6.07, 6.45) is 5.74. The highest BCUT2D eigenvalue weighted by Gasteiger charge is 2.16. The summed E-state index contributed by atoms with van der Waals surface area (Å²) in [5, 5.41) is 15.0. The Morgan fingerprint density at radius 2 is 2.03 bits per heavy atom. The fraction of sp³-hybridized carbons (Fsp3) is 0.571. The van der Waals surface area contributed by atoms with Gasteiger partial charge in [0.15, 0.2) is 11.8 Å². The number of guanidine groups is 1. The van der Waals surface area contributed by atoms with Gasteiger partial charge in [-0.25, -0.2) is 4.99 Å². The Labute approximate surface area is 181 Å². The van der Waals surface area contributed by atoms with E-state index >= 15 is 0 Å². The average Bonchev–Trinajstić information content (AvgIpc) is 3.09. The zero-order valence-corrected chi connectivity index (χ0v) is 18.2. The van der Waals surface area contributed by atoms with Crippen LogP contribution >= 0.6 is 0 Å². The minimum Gasteiger partial charge on any atom is -0.497 e. The van der Waals surface area contributed by atoms with Gasteiger partial charge >= 0.3 is 6.61 Å². The Morgan fingerprint density at radius 3 is 2.68 bits per heavy atom. The third-order valence-electron chi connectivity index (χ3n) is 5.43. The summed E-state index contributed by atoms with van der Waals surface area (Å²) in [5.74, 6) is 2.83. The van der Waals surface area contributed by atoms with Crippen molar-refractivity contribution in [2.24, 2.45) is 12.0 Å². The fourth-order valence-electron chi connectivity index (χ4n) is 3.54. The summed E-state index contributed by atoms with van der Waals surface area (Å²) < 4.78 is 37.4. The van der Waals surface area contributed by atoms with Gasteiger partial charge in [-0.2, -0.15) is 8.78 Å². The summed E-state index contributed by atoms with van der Waals surface area (Å²) in [7, 11) is 3.43. The van der Waals surface area contributed by atoms with Gasteiger partial charge in [0.05, 0.1) is 20.2 Å². The molecule has 2 N–H and O–H groups in total. The highest BCUT2D eigenvalue weighted by Crippen LogP contribution is 2.26. The number of nitrogens with zero attached hydrogens (tertiary/aromatic N) is 4. The number of methoxy groups -OCH3 is 1. The van der Waals surface area contributed by atoms with Gasteiger partial charge in [-0.15, -0.1) is 10.2 Å². The van der Waals surface area contributed by atoms with Crippen molar-refractivity contribution in [1.82, 2.24) is 25.4 Å². The van der Waals surface area contributed by atoms with E-state index < -0.39 is 6.61 Å². The van der Waals surface area contributed by atoms with Crippen LogP contribution in [-0.2, 0) is 20.1 Å². The van der Waals surface area contributed by atoms with Gasteiger partial charge in [0.1, 0.15) is 17.3 Å². The van der Waals surface area contributed by atoms with Crippen LogP contribution in [0.1, 0.15) is 49.3 Å². The smallest absolute Gasteiger partial charge is 0.387 e. The van der Waals surface area contributed by atoms with Crippen LogP contribution in [0.2, 0.25) is 0 Å². The predicted molar refractivity (Wildman–Crippen MR) is 113 cm³/mol. The minimum atomic E-state index is -2.91. The predicted octanol–water partition coefficient (Wildman–Crippen LogP) is 3.30. The number of nitrogens with one attached hydrogen (secondary N) is 2. The number of aromatic nitrogens is 3. The number of ether oxygens (including phenoxy) is 2. The minimum absolute atomic E-state index is 0.0838. The number of halogens is 2. The van der Waals surface area contributed by atoms with Crippen LogP contribution in [0.4, 0.5) is 8.78 Å². The van der Waals surface area contributed by atoms with Crippen molar-refractivity contribution in [2.75, 3.05) is 7.11 Å². The molecule has 170 valence electrons. The summed E-state index contributed by atoms with van der Waals surface area (Å²) in [4.78, 5) is 4.64. The van der Waals surface area contributed by atoms with Gasteiger partial charge in [0.2, 0.25) is 0 Å². The van der Waals surface area contributed by atoms with Crippen LogP contribution in [0.15, 0.2) is 23.2 Å². The maximum atomic E-state index is 12.8. The summed E-state index contributed by atoms with van der Waals surface area (Å²) in [5.41, 5.74) is 0.513. The monoisotopic (exact) mass is 436 g/mol. The van der Waals surface area contributed by atoms with E-state index in [4.69, 9.17) is 4.74 Å². The van der Waals surface area contributed by atoms with Crippen LogP contribution in [0.25, 0.3) is 0 Å². The topological polar surface area (TPSA) is 85.6 Å². The van der Waals surface area contributed by atoms with E-state index in [2.05, 4.69) is 30.6 Å². The molecule has 1 aromatic heterocycles. The molecule has 0 saturated heterocycles. The largest absolute Gasteiger partial charge is 0.497 e. The maximum Gasteiger partial charge on any atom is 0.387 e. The van der Waals surface area contributed by atoms with Gasteiger partial charge in [0.25, 0.3) is 0 Å². The quantitative estimate of drug-likeness (QED) is 0.488. The van der Waals surface area contributed by atoms with E-state index in [9.17, 15) is 8.78 Å². The lowest BCUT2D eigenvalue weighted by atomic mass is 9.96. The third-order valence-corrected chi connectivity index (χ3v) is 5.43. The molecule has 0 atom stereocenters. The third kappa shape index (κ3) is 6.53. The first-order valence-corrected chi connectivity index (χ1v) is 10.5. The molecule has 1 saturated carbocycles. The van der Waals surface area contributed by atoms with Crippen LogP contribution in [-0.4, -0.2) is 40.5 Å². The number of hydrogen-bond donors (Lipinski definition) is 2. The van der Waals surface area contributed by atoms with E-state index in [1.165, 1.54) is 32.4 Å². The van der Waals surface area contributed by atoms with Crippen LogP contribution < -0.4 is 20.1 Å². The second kappa shape index (κ2) is 10.9. The first-order valence-electron chi connectivity index (χ1n) is 10.5. The lowest BCUT2D eigenvalue weighted by molar-refractivity contribution is -0.0504. The molecule has 1 aromatic carbocycles. The Morgan fingerprint density at radius 1 is 1.26 bits per heavy atom. The van der Waals surface area contributed by atoms with Crippen molar-refractivity contribution in [3.8, 4) is 11.5 Å². The second-order valence-corrected chi connectivity index (χ2v) is 7.57. The highest BCUT2D eigenvalue weighted by molar-refractivity contribution is 5.80. The molecule has 0 radical (unpaired) electrons. The lowest BCUT2D eigenvalue weighted by Crippen LogP contribution is -2.44. The molecule has 2 aromatic rings. The number of alkyl halides is 2. The number of aryl methyl sites for hydroxylation is 1. The SMILES string of the molecule is COc1ccc(OC(F)F)c(CN=C(NCc2nnc(C)n2C)NC2CCCCC2)c1. The molecule has 1 aliphatic rings. The number of hydrogen-bond acceptors (Lipinski definition) is 5. The molecule has 1 heterocycles. The number of aliphatic imine (C=N–C) groups is 1. The van der Waals surface area contributed by atoms with Gasteiger partial charge in [-0.3, -0.25) is 0 Å². The van der Waals surface area contributed by atoms with Crippen LogP contribution in [0.3, 0.4) is 0 Å². The van der Waals surface area contributed by atoms with Gasteiger partial charge in [-0.1, -0.05) is 19.3 Å². The van der Waals surface area contributed by atoms with Crippen molar-refractivity contribution >= 4 is 5.96 Å². The Hall–Kier alpha value is -2.91. The molecule has 0 amide bonds. The van der Waals surface area contributed by atoms with Gasteiger partial charge in [-0.05, 0) is 38.0 Å². The van der Waals surface area contributed by atoms with E-state index in [1.807, 2.05) is 18.5 Å². The number of benzene rings is 1.